The highest BCUT2D eigenvalue weighted by Gasteiger charge is 2.59. The molecular formula is C20H19NO4. The van der Waals surface area contributed by atoms with E-state index < -0.39 is 6.29 Å². The summed E-state index contributed by atoms with van der Waals surface area (Å²) in [4.78, 5) is 19.1. The van der Waals surface area contributed by atoms with Crippen LogP contribution in [0.5, 0.6) is 0 Å². The predicted octanol–water partition coefficient (Wildman–Crippen LogP) is 2.48. The van der Waals surface area contributed by atoms with E-state index in [2.05, 4.69) is 24.3 Å². The van der Waals surface area contributed by atoms with Crippen molar-refractivity contribution in [2.24, 2.45) is 5.92 Å². The Balaban J connectivity index is 1.53. The van der Waals surface area contributed by atoms with Crippen molar-refractivity contribution in [3.63, 3.8) is 0 Å². The number of carbonyl (C=O) groups is 1. The summed E-state index contributed by atoms with van der Waals surface area (Å²) in [5.41, 5.74) is 2.23. The lowest BCUT2D eigenvalue weighted by atomic mass is 9.83. The molecule has 0 aliphatic carbocycles. The quantitative estimate of drug-likeness (QED) is 0.861. The van der Waals surface area contributed by atoms with Crippen LogP contribution in [0.4, 0.5) is 0 Å². The molecule has 3 saturated heterocycles. The van der Waals surface area contributed by atoms with E-state index in [1.165, 1.54) is 0 Å². The Hall–Kier alpha value is -2.05. The van der Waals surface area contributed by atoms with Gasteiger partial charge >= 0.3 is 0 Å². The summed E-state index contributed by atoms with van der Waals surface area (Å²) < 4.78 is 11.2. The van der Waals surface area contributed by atoms with Gasteiger partial charge in [-0.3, -0.25) is 9.63 Å². The number of fused-ring (bicyclic) bond motifs is 4. The van der Waals surface area contributed by atoms with Crippen molar-refractivity contribution in [1.29, 1.82) is 0 Å². The van der Waals surface area contributed by atoms with E-state index in [0.29, 0.717) is 13.2 Å². The summed E-state index contributed by atoms with van der Waals surface area (Å²) in [6.07, 6.45) is -1.21. The molecule has 128 valence electrons. The molecule has 5 nitrogen and oxygen atoms in total. The average Bonchev–Trinajstić information content (AvgIpc) is 3.25. The second-order valence-electron chi connectivity index (χ2n) is 6.75. The van der Waals surface area contributed by atoms with E-state index in [9.17, 15) is 4.79 Å². The Kier molecular flexibility index (Phi) is 3.68. The number of ether oxygens (including phenoxy) is 2. The summed E-state index contributed by atoms with van der Waals surface area (Å²) in [7, 11) is 0. The number of nitrogens with zero attached hydrogens (tertiary/aromatic N) is 1. The molecule has 0 saturated carbocycles. The standard InChI is InChI=1S/C20H19NO4/c22-18-16-17(14-9-5-2-6-10-14)21(11-13-7-3-1-4-8-13)25-19(16)15-12-23-20(18)24-15/h1-10,15-17,19-20H,11-12H2/t15-,16+,17-,19-,20-/m1/s1. The van der Waals surface area contributed by atoms with Crippen LogP contribution in [0.2, 0.25) is 0 Å². The largest absolute Gasteiger partial charge is 0.343 e. The molecule has 5 atom stereocenters. The van der Waals surface area contributed by atoms with Crippen LogP contribution in [0.3, 0.4) is 0 Å². The molecular weight excluding hydrogens is 318 g/mol. The molecule has 3 aliphatic rings. The number of ketones is 1. The van der Waals surface area contributed by atoms with E-state index in [1.807, 2.05) is 41.5 Å². The van der Waals surface area contributed by atoms with Crippen LogP contribution in [0.15, 0.2) is 60.7 Å². The highest BCUT2D eigenvalue weighted by atomic mass is 16.8. The third kappa shape index (κ3) is 2.51. The van der Waals surface area contributed by atoms with Crippen molar-refractivity contribution >= 4 is 5.78 Å². The Morgan fingerprint density at radius 2 is 1.72 bits per heavy atom. The topological polar surface area (TPSA) is 48.0 Å². The molecule has 3 heterocycles. The number of hydroxylamine groups is 2. The lowest BCUT2D eigenvalue weighted by Crippen LogP contribution is -2.46. The van der Waals surface area contributed by atoms with Gasteiger partial charge in [0.05, 0.1) is 18.6 Å². The Morgan fingerprint density at radius 3 is 2.48 bits per heavy atom. The van der Waals surface area contributed by atoms with Crippen molar-refractivity contribution in [2.75, 3.05) is 6.61 Å². The average molecular weight is 337 g/mol. The van der Waals surface area contributed by atoms with Crippen molar-refractivity contribution in [3.8, 4) is 0 Å². The van der Waals surface area contributed by atoms with E-state index in [4.69, 9.17) is 14.3 Å². The second kappa shape index (κ2) is 6.04. The van der Waals surface area contributed by atoms with Crippen LogP contribution in [0.1, 0.15) is 17.2 Å². The summed E-state index contributed by atoms with van der Waals surface area (Å²) >= 11 is 0. The molecule has 0 amide bonds. The molecule has 5 rings (SSSR count). The number of hydrogen-bond donors (Lipinski definition) is 0. The zero-order chi connectivity index (χ0) is 16.8. The lowest BCUT2D eigenvalue weighted by molar-refractivity contribution is -0.205. The Morgan fingerprint density at radius 1 is 1.00 bits per heavy atom. The third-order valence-corrected chi connectivity index (χ3v) is 5.22. The van der Waals surface area contributed by atoms with Crippen LogP contribution in [0.25, 0.3) is 0 Å². The fraction of sp³-hybridized carbons (Fsp3) is 0.350. The van der Waals surface area contributed by atoms with Gasteiger partial charge in [-0.15, -0.1) is 0 Å². The maximum Gasteiger partial charge on any atom is 0.218 e. The predicted molar refractivity (Wildman–Crippen MR) is 89.2 cm³/mol. The highest BCUT2D eigenvalue weighted by Crippen LogP contribution is 2.47. The van der Waals surface area contributed by atoms with Crippen molar-refractivity contribution in [3.05, 3.63) is 71.8 Å². The fourth-order valence-corrected chi connectivity index (χ4v) is 4.08. The molecule has 0 unspecified atom stereocenters. The summed E-state index contributed by atoms with van der Waals surface area (Å²) in [6.45, 7) is 1.04. The van der Waals surface area contributed by atoms with Crippen molar-refractivity contribution in [1.82, 2.24) is 5.06 Å². The van der Waals surface area contributed by atoms with Gasteiger partial charge in [-0.1, -0.05) is 60.7 Å². The number of rotatable bonds is 3. The van der Waals surface area contributed by atoms with Gasteiger partial charge in [0.1, 0.15) is 12.2 Å². The minimum atomic E-state index is -0.738. The molecule has 5 heteroatoms. The minimum Gasteiger partial charge on any atom is -0.343 e. The van der Waals surface area contributed by atoms with Crippen LogP contribution in [-0.4, -0.2) is 36.0 Å². The first kappa shape index (κ1) is 15.2. The molecule has 0 aromatic heterocycles. The molecule has 3 fully saturated rings. The summed E-state index contributed by atoms with van der Waals surface area (Å²) in [5.74, 6) is -0.277. The monoisotopic (exact) mass is 337 g/mol. The molecule has 25 heavy (non-hydrogen) atoms. The first-order chi connectivity index (χ1) is 12.3. The second-order valence-corrected chi connectivity index (χ2v) is 6.75. The molecule has 0 N–H and O–H groups in total. The molecule has 2 aromatic rings. The van der Waals surface area contributed by atoms with E-state index in [1.54, 1.807) is 0 Å². The molecule has 2 bridgehead atoms. The molecule has 3 aliphatic heterocycles. The zero-order valence-corrected chi connectivity index (χ0v) is 13.7. The SMILES string of the molecule is O=C1[C@@H]2OC[C@@H](O2)[C@H]2ON(Cc3ccccc3)[C@H](c3ccccc3)[C@@H]12. The van der Waals surface area contributed by atoms with Gasteiger partial charge in [0.2, 0.25) is 6.29 Å². The van der Waals surface area contributed by atoms with E-state index >= 15 is 0 Å². The zero-order valence-electron chi connectivity index (χ0n) is 13.7. The summed E-state index contributed by atoms with van der Waals surface area (Å²) in [6, 6.07) is 20.1. The van der Waals surface area contributed by atoms with Crippen LogP contribution < -0.4 is 0 Å². The maximum absolute atomic E-state index is 12.9. The number of hydrogen-bond acceptors (Lipinski definition) is 5. The number of benzene rings is 2. The van der Waals surface area contributed by atoms with Gasteiger partial charge in [0.15, 0.2) is 5.78 Å². The first-order valence-corrected chi connectivity index (χ1v) is 8.64. The van der Waals surface area contributed by atoms with Gasteiger partial charge in [-0.25, -0.2) is 0 Å². The van der Waals surface area contributed by atoms with Crippen LogP contribution >= 0.6 is 0 Å². The highest BCUT2D eigenvalue weighted by molar-refractivity contribution is 5.87. The van der Waals surface area contributed by atoms with Gasteiger partial charge in [0.25, 0.3) is 0 Å². The van der Waals surface area contributed by atoms with Crippen molar-refractivity contribution in [2.45, 2.75) is 31.1 Å². The van der Waals surface area contributed by atoms with Gasteiger partial charge in [-0.2, -0.15) is 5.06 Å². The van der Waals surface area contributed by atoms with Gasteiger partial charge < -0.3 is 9.47 Å². The van der Waals surface area contributed by atoms with Gasteiger partial charge in [0, 0.05) is 6.54 Å². The minimum absolute atomic E-state index is 0.0110. The van der Waals surface area contributed by atoms with E-state index in [0.717, 1.165) is 11.1 Å². The summed E-state index contributed by atoms with van der Waals surface area (Å²) in [5, 5.41) is 1.95. The Labute approximate surface area is 146 Å². The number of Topliss-reactive ketones (excluding diaryl/α,β-unsaturated/α-hetero) is 1. The van der Waals surface area contributed by atoms with Crippen molar-refractivity contribution < 1.29 is 19.1 Å². The molecule has 0 spiro atoms. The fourth-order valence-electron chi connectivity index (χ4n) is 4.08. The third-order valence-electron chi connectivity index (χ3n) is 5.22. The van der Waals surface area contributed by atoms with Crippen LogP contribution in [0, 0.1) is 5.92 Å². The molecule has 0 radical (unpaired) electrons. The van der Waals surface area contributed by atoms with E-state index in [-0.39, 0.29) is 30.0 Å². The number of carbonyl (C=O) groups excluding carboxylic acids is 1. The van der Waals surface area contributed by atoms with Gasteiger partial charge in [-0.05, 0) is 11.1 Å². The first-order valence-electron chi connectivity index (χ1n) is 8.64. The smallest absolute Gasteiger partial charge is 0.218 e. The lowest BCUT2D eigenvalue weighted by Gasteiger charge is -2.29. The maximum atomic E-state index is 12.9. The molecule has 2 aromatic carbocycles. The van der Waals surface area contributed by atoms with Crippen LogP contribution in [-0.2, 0) is 25.7 Å². The Bertz CT molecular complexity index is 766. The normalized spacial score (nSPS) is 34.2.